The molecule has 0 aromatic carbocycles. The van der Waals surface area contributed by atoms with Gasteiger partial charge in [0.15, 0.2) is 5.82 Å². The van der Waals surface area contributed by atoms with Crippen molar-refractivity contribution in [1.82, 2.24) is 19.7 Å². The van der Waals surface area contributed by atoms with Gasteiger partial charge in [0.25, 0.3) is 0 Å². The molecule has 94 valence electrons. The van der Waals surface area contributed by atoms with Crippen molar-refractivity contribution in [3.05, 3.63) is 17.3 Å². The van der Waals surface area contributed by atoms with E-state index >= 15 is 0 Å². The maximum atomic E-state index is 5.96. The lowest BCUT2D eigenvalue weighted by Gasteiger charge is -2.16. The van der Waals surface area contributed by atoms with Crippen LogP contribution in [0.1, 0.15) is 6.42 Å². The average Bonchev–Trinajstić information content (AvgIpc) is 2.81. The van der Waals surface area contributed by atoms with Crippen molar-refractivity contribution in [3.63, 3.8) is 0 Å². The SMILES string of the molecule is COc1cc(-c2nnc3n2CCCN3)cc(Cl)n1. The van der Waals surface area contributed by atoms with E-state index in [4.69, 9.17) is 16.3 Å². The topological polar surface area (TPSA) is 64.9 Å². The van der Waals surface area contributed by atoms with Crippen molar-refractivity contribution in [2.45, 2.75) is 13.0 Å². The highest BCUT2D eigenvalue weighted by atomic mass is 35.5. The number of aromatic nitrogens is 4. The van der Waals surface area contributed by atoms with Crippen molar-refractivity contribution in [2.75, 3.05) is 19.0 Å². The first-order chi connectivity index (χ1) is 8.78. The minimum absolute atomic E-state index is 0.380. The molecule has 2 aromatic rings. The molecule has 0 fully saturated rings. The highest BCUT2D eigenvalue weighted by molar-refractivity contribution is 6.29. The van der Waals surface area contributed by atoms with Crippen LogP contribution in [0.5, 0.6) is 5.88 Å². The summed E-state index contributed by atoms with van der Waals surface area (Å²) >= 11 is 5.96. The summed E-state index contributed by atoms with van der Waals surface area (Å²) < 4.78 is 7.15. The van der Waals surface area contributed by atoms with E-state index in [-0.39, 0.29) is 0 Å². The number of hydrogen-bond donors (Lipinski definition) is 1. The van der Waals surface area contributed by atoms with Gasteiger partial charge in [0, 0.05) is 24.7 Å². The highest BCUT2D eigenvalue weighted by Gasteiger charge is 2.17. The predicted molar refractivity (Wildman–Crippen MR) is 67.9 cm³/mol. The van der Waals surface area contributed by atoms with Crippen molar-refractivity contribution in [2.24, 2.45) is 0 Å². The summed E-state index contributed by atoms with van der Waals surface area (Å²) in [6.45, 7) is 1.82. The molecule has 7 heteroatoms. The van der Waals surface area contributed by atoms with Crippen LogP contribution >= 0.6 is 11.6 Å². The molecule has 1 aliphatic rings. The molecule has 0 spiro atoms. The average molecular weight is 266 g/mol. The lowest BCUT2D eigenvalue weighted by molar-refractivity contribution is 0.398. The largest absolute Gasteiger partial charge is 0.481 e. The van der Waals surface area contributed by atoms with Crippen molar-refractivity contribution >= 4 is 17.5 Å². The maximum absolute atomic E-state index is 5.96. The van der Waals surface area contributed by atoms with Crippen LogP contribution in [0.15, 0.2) is 12.1 Å². The lowest BCUT2D eigenvalue weighted by atomic mass is 10.2. The number of ether oxygens (including phenoxy) is 1. The zero-order valence-electron chi connectivity index (χ0n) is 9.85. The van der Waals surface area contributed by atoms with Crippen molar-refractivity contribution in [3.8, 4) is 17.3 Å². The number of anilines is 1. The number of hydrogen-bond acceptors (Lipinski definition) is 5. The minimum atomic E-state index is 0.380. The molecule has 0 saturated heterocycles. The van der Waals surface area contributed by atoms with E-state index in [1.165, 1.54) is 0 Å². The number of halogens is 1. The summed E-state index contributed by atoms with van der Waals surface area (Å²) in [5.74, 6) is 2.04. The van der Waals surface area contributed by atoms with Gasteiger partial charge in [-0.2, -0.15) is 0 Å². The number of pyridine rings is 1. The van der Waals surface area contributed by atoms with E-state index in [1.54, 1.807) is 19.2 Å². The second-order valence-corrected chi connectivity index (χ2v) is 4.39. The monoisotopic (exact) mass is 265 g/mol. The predicted octanol–water partition coefficient (Wildman–Crippen LogP) is 1.82. The van der Waals surface area contributed by atoms with Crippen LogP contribution in [0, 0.1) is 0 Å². The molecular weight excluding hydrogens is 254 g/mol. The van der Waals surface area contributed by atoms with Crippen molar-refractivity contribution in [1.29, 1.82) is 0 Å². The Morgan fingerprint density at radius 2 is 2.28 bits per heavy atom. The second-order valence-electron chi connectivity index (χ2n) is 4.00. The zero-order valence-corrected chi connectivity index (χ0v) is 10.6. The first-order valence-corrected chi connectivity index (χ1v) is 6.05. The number of methoxy groups -OCH3 is 1. The molecule has 0 bridgehead atoms. The Labute approximate surface area is 109 Å². The smallest absolute Gasteiger partial charge is 0.224 e. The van der Waals surface area contributed by atoms with E-state index in [0.717, 1.165) is 36.8 Å². The lowest BCUT2D eigenvalue weighted by Crippen LogP contribution is -2.17. The molecule has 1 N–H and O–H groups in total. The van der Waals surface area contributed by atoms with Gasteiger partial charge in [-0.05, 0) is 12.5 Å². The fourth-order valence-corrected chi connectivity index (χ4v) is 2.20. The molecule has 1 aliphatic heterocycles. The summed E-state index contributed by atoms with van der Waals surface area (Å²) in [6.07, 6.45) is 1.05. The van der Waals surface area contributed by atoms with Crippen LogP contribution in [0.25, 0.3) is 11.4 Å². The number of rotatable bonds is 2. The molecule has 18 heavy (non-hydrogen) atoms. The Balaban J connectivity index is 2.09. The van der Waals surface area contributed by atoms with Crippen LogP contribution in [0.2, 0.25) is 5.15 Å². The molecule has 3 rings (SSSR count). The van der Waals surface area contributed by atoms with Crippen molar-refractivity contribution < 1.29 is 4.74 Å². The third-order valence-electron chi connectivity index (χ3n) is 2.83. The number of nitrogens with zero attached hydrogens (tertiary/aromatic N) is 4. The van der Waals surface area contributed by atoms with E-state index < -0.39 is 0 Å². The molecule has 0 radical (unpaired) electrons. The number of nitrogens with one attached hydrogen (secondary N) is 1. The number of fused-ring (bicyclic) bond motifs is 1. The van der Waals surface area contributed by atoms with Crippen LogP contribution in [-0.4, -0.2) is 33.4 Å². The summed E-state index contributed by atoms with van der Waals surface area (Å²) in [5.41, 5.74) is 0.856. The molecule has 0 atom stereocenters. The van der Waals surface area contributed by atoms with Crippen LogP contribution in [0.3, 0.4) is 0 Å². The van der Waals surface area contributed by atoms with Gasteiger partial charge in [-0.15, -0.1) is 10.2 Å². The fraction of sp³-hybridized carbons (Fsp3) is 0.364. The third-order valence-corrected chi connectivity index (χ3v) is 3.02. The van der Waals surface area contributed by atoms with Gasteiger partial charge in [0.05, 0.1) is 7.11 Å². The normalized spacial score (nSPS) is 13.9. The van der Waals surface area contributed by atoms with Crippen LogP contribution in [-0.2, 0) is 6.54 Å². The van der Waals surface area contributed by atoms with E-state index in [1.807, 2.05) is 4.57 Å². The summed E-state index contributed by atoms with van der Waals surface area (Å²) in [4.78, 5) is 4.04. The molecule has 0 amide bonds. The Morgan fingerprint density at radius 1 is 1.39 bits per heavy atom. The standard InChI is InChI=1S/C11H12ClN5O/c1-18-9-6-7(5-8(12)14-9)10-15-16-11-13-3-2-4-17(10)11/h5-6H,2-4H2,1H3,(H,13,16). The Hall–Kier alpha value is -1.82. The molecule has 0 unspecified atom stereocenters. The molecular formula is C11H12ClN5O. The van der Waals surface area contributed by atoms with Crippen LogP contribution in [0.4, 0.5) is 5.95 Å². The molecule has 0 aliphatic carbocycles. The first-order valence-electron chi connectivity index (χ1n) is 5.67. The molecule has 6 nitrogen and oxygen atoms in total. The molecule has 2 aromatic heterocycles. The summed E-state index contributed by atoms with van der Waals surface area (Å²) in [7, 11) is 1.56. The van der Waals surface area contributed by atoms with Crippen LogP contribution < -0.4 is 10.1 Å². The Morgan fingerprint density at radius 3 is 3.11 bits per heavy atom. The Kier molecular flexibility index (Phi) is 2.79. The van der Waals surface area contributed by atoms with E-state index in [0.29, 0.717) is 11.0 Å². The van der Waals surface area contributed by atoms with E-state index in [9.17, 15) is 0 Å². The molecule has 3 heterocycles. The molecule has 0 saturated carbocycles. The van der Waals surface area contributed by atoms with Gasteiger partial charge < -0.3 is 10.1 Å². The quantitative estimate of drug-likeness (QED) is 0.839. The first kappa shape index (κ1) is 11.3. The van der Waals surface area contributed by atoms with Gasteiger partial charge in [-0.1, -0.05) is 11.6 Å². The maximum Gasteiger partial charge on any atom is 0.224 e. The second kappa shape index (κ2) is 4.45. The summed E-state index contributed by atoms with van der Waals surface area (Å²) in [5, 5.41) is 11.9. The van der Waals surface area contributed by atoms with Gasteiger partial charge >= 0.3 is 0 Å². The van der Waals surface area contributed by atoms with E-state index in [2.05, 4.69) is 20.5 Å². The zero-order chi connectivity index (χ0) is 12.5. The Bertz CT molecular complexity index is 583. The van der Waals surface area contributed by atoms with Gasteiger partial charge in [0.2, 0.25) is 11.8 Å². The minimum Gasteiger partial charge on any atom is -0.481 e. The van der Waals surface area contributed by atoms with Gasteiger partial charge in [-0.3, -0.25) is 4.57 Å². The van der Waals surface area contributed by atoms with Gasteiger partial charge in [-0.25, -0.2) is 4.98 Å². The summed E-state index contributed by atoms with van der Waals surface area (Å²) in [6, 6.07) is 3.56. The third kappa shape index (κ3) is 1.88. The fourth-order valence-electron chi connectivity index (χ4n) is 2.00. The highest BCUT2D eigenvalue weighted by Crippen LogP contribution is 2.27. The van der Waals surface area contributed by atoms with Gasteiger partial charge in [0.1, 0.15) is 5.15 Å².